The van der Waals surface area contributed by atoms with Crippen molar-refractivity contribution < 1.29 is 4.79 Å². The maximum atomic E-state index is 11.7. The molecule has 1 aromatic heterocycles. The van der Waals surface area contributed by atoms with Crippen molar-refractivity contribution in [3.63, 3.8) is 0 Å². The van der Waals surface area contributed by atoms with Crippen LogP contribution in [0.4, 0.5) is 0 Å². The van der Waals surface area contributed by atoms with Crippen molar-refractivity contribution in [2.75, 3.05) is 0 Å². The number of rotatable bonds is 1. The molecule has 0 atom stereocenters. The summed E-state index contributed by atoms with van der Waals surface area (Å²) in [5.74, 6) is 0. The van der Waals surface area contributed by atoms with Gasteiger partial charge in [0.2, 0.25) is 0 Å². The third-order valence-corrected chi connectivity index (χ3v) is 2.02. The lowest BCUT2D eigenvalue weighted by atomic mass is 10.1. The molecule has 0 amide bonds. The van der Waals surface area contributed by atoms with Crippen LogP contribution in [0.25, 0.3) is 0 Å². The van der Waals surface area contributed by atoms with Crippen molar-refractivity contribution >= 4 is 17.9 Å². The van der Waals surface area contributed by atoms with Gasteiger partial charge in [-0.15, -0.1) is 0 Å². The Hall–Kier alpha value is -1.16. The van der Waals surface area contributed by atoms with Gasteiger partial charge in [0.05, 0.1) is 16.8 Å². The van der Waals surface area contributed by atoms with Crippen molar-refractivity contribution in [1.82, 2.24) is 9.78 Å². The summed E-state index contributed by atoms with van der Waals surface area (Å²) in [5, 5.41) is 3.96. The van der Waals surface area contributed by atoms with Crippen LogP contribution in [0.15, 0.2) is 11.0 Å². The lowest BCUT2D eigenvalue weighted by Crippen LogP contribution is -2.37. The predicted molar refractivity (Wildman–Crippen MR) is 53.9 cm³/mol. The first-order valence-electron chi connectivity index (χ1n) is 4.11. The van der Waals surface area contributed by atoms with Gasteiger partial charge in [0.1, 0.15) is 5.56 Å². The van der Waals surface area contributed by atoms with E-state index in [0.717, 1.165) is 0 Å². The molecular weight excluding hydrogens is 204 g/mol. The van der Waals surface area contributed by atoms with E-state index in [-0.39, 0.29) is 10.6 Å². The summed E-state index contributed by atoms with van der Waals surface area (Å²) in [6.07, 6.45) is 1.76. The fourth-order valence-corrected chi connectivity index (χ4v) is 1.20. The van der Waals surface area contributed by atoms with Crippen LogP contribution in [0.2, 0.25) is 5.02 Å². The second-order valence-electron chi connectivity index (χ2n) is 3.91. The van der Waals surface area contributed by atoms with Crippen LogP contribution in [0, 0.1) is 0 Å². The Balaban J connectivity index is 3.52. The lowest BCUT2D eigenvalue weighted by molar-refractivity contribution is 0.112. The van der Waals surface area contributed by atoms with Crippen LogP contribution in [0.5, 0.6) is 0 Å². The monoisotopic (exact) mass is 214 g/mol. The quantitative estimate of drug-likeness (QED) is 0.666. The summed E-state index contributed by atoms with van der Waals surface area (Å²) in [4.78, 5) is 22.3. The molecular formula is C9H11ClN2O2. The van der Waals surface area contributed by atoms with E-state index in [1.165, 1.54) is 10.9 Å². The zero-order valence-electron chi connectivity index (χ0n) is 8.24. The molecule has 0 aliphatic carbocycles. The van der Waals surface area contributed by atoms with Crippen LogP contribution in [-0.2, 0) is 5.54 Å². The van der Waals surface area contributed by atoms with Crippen LogP contribution in [0.3, 0.4) is 0 Å². The number of aromatic nitrogens is 2. The molecule has 0 radical (unpaired) electrons. The molecule has 5 heteroatoms. The van der Waals surface area contributed by atoms with Crippen molar-refractivity contribution in [2.24, 2.45) is 0 Å². The Labute approximate surface area is 86.5 Å². The van der Waals surface area contributed by atoms with Crippen LogP contribution >= 0.6 is 11.6 Å². The number of aldehydes is 1. The second-order valence-corrected chi connectivity index (χ2v) is 4.32. The molecule has 0 spiro atoms. The van der Waals surface area contributed by atoms with E-state index < -0.39 is 11.1 Å². The van der Waals surface area contributed by atoms with Gasteiger partial charge in [-0.2, -0.15) is 5.10 Å². The molecule has 4 nitrogen and oxygen atoms in total. The first-order chi connectivity index (χ1) is 6.38. The Morgan fingerprint density at radius 1 is 1.50 bits per heavy atom. The average molecular weight is 215 g/mol. The standard InChI is InChI=1S/C9H11ClN2O2/c1-9(2,3)12-8(14)6(5-13)7(10)4-11-12/h4-5H,1-3H3. The molecule has 0 aromatic carbocycles. The lowest BCUT2D eigenvalue weighted by Gasteiger charge is -2.20. The highest BCUT2D eigenvalue weighted by Gasteiger charge is 2.19. The van der Waals surface area contributed by atoms with E-state index in [0.29, 0.717) is 6.29 Å². The first-order valence-corrected chi connectivity index (χ1v) is 4.49. The zero-order chi connectivity index (χ0) is 10.9. The zero-order valence-corrected chi connectivity index (χ0v) is 9.00. The van der Waals surface area contributed by atoms with Crippen molar-refractivity contribution in [1.29, 1.82) is 0 Å². The van der Waals surface area contributed by atoms with Gasteiger partial charge in [0.25, 0.3) is 5.56 Å². The van der Waals surface area contributed by atoms with Gasteiger partial charge < -0.3 is 0 Å². The third-order valence-electron chi connectivity index (χ3n) is 1.72. The Bertz CT molecular complexity index is 418. The molecule has 0 aliphatic heterocycles. The fourth-order valence-electron chi connectivity index (χ4n) is 1.03. The highest BCUT2D eigenvalue weighted by Crippen LogP contribution is 2.12. The average Bonchev–Trinajstić information content (AvgIpc) is 2.02. The molecule has 1 rings (SSSR count). The Morgan fingerprint density at radius 2 is 2.07 bits per heavy atom. The van der Waals surface area contributed by atoms with Gasteiger partial charge in [0, 0.05) is 0 Å². The molecule has 0 bridgehead atoms. The molecule has 14 heavy (non-hydrogen) atoms. The van der Waals surface area contributed by atoms with Gasteiger partial charge in [-0.05, 0) is 20.8 Å². The number of hydrogen-bond acceptors (Lipinski definition) is 3. The minimum absolute atomic E-state index is 0.0448. The third kappa shape index (κ3) is 1.85. The maximum absolute atomic E-state index is 11.7. The second kappa shape index (κ2) is 3.53. The van der Waals surface area contributed by atoms with E-state index in [4.69, 9.17) is 11.6 Å². The predicted octanol–water partition coefficient (Wildman–Crippen LogP) is 1.46. The largest absolute Gasteiger partial charge is 0.298 e. The van der Waals surface area contributed by atoms with Gasteiger partial charge in [-0.1, -0.05) is 11.6 Å². The SMILES string of the molecule is CC(C)(C)n1ncc(Cl)c(C=O)c1=O. The molecule has 1 aromatic rings. The van der Waals surface area contributed by atoms with Crippen molar-refractivity contribution in [3.8, 4) is 0 Å². The molecule has 0 fully saturated rings. The molecule has 0 N–H and O–H groups in total. The highest BCUT2D eigenvalue weighted by molar-refractivity contribution is 6.32. The minimum atomic E-state index is -0.459. The molecule has 0 saturated heterocycles. The van der Waals surface area contributed by atoms with Crippen molar-refractivity contribution in [2.45, 2.75) is 26.3 Å². The number of nitrogens with zero attached hydrogens (tertiary/aromatic N) is 2. The normalized spacial score (nSPS) is 11.4. The number of carbonyl (C=O) groups is 1. The van der Waals surface area contributed by atoms with Gasteiger partial charge in [0.15, 0.2) is 6.29 Å². The van der Waals surface area contributed by atoms with E-state index in [2.05, 4.69) is 5.10 Å². The van der Waals surface area contributed by atoms with Crippen LogP contribution in [0.1, 0.15) is 31.1 Å². The van der Waals surface area contributed by atoms with Crippen LogP contribution in [-0.4, -0.2) is 16.1 Å². The molecule has 76 valence electrons. The smallest absolute Gasteiger partial charge is 0.279 e. The summed E-state index contributed by atoms with van der Waals surface area (Å²) in [6, 6.07) is 0. The van der Waals surface area contributed by atoms with Gasteiger partial charge in [-0.25, -0.2) is 4.68 Å². The molecule has 1 heterocycles. The van der Waals surface area contributed by atoms with Crippen LogP contribution < -0.4 is 5.56 Å². The molecule has 0 aliphatic rings. The number of hydrogen-bond donors (Lipinski definition) is 0. The van der Waals surface area contributed by atoms with E-state index in [1.807, 2.05) is 20.8 Å². The summed E-state index contributed by atoms with van der Waals surface area (Å²) in [6.45, 7) is 5.47. The topological polar surface area (TPSA) is 52.0 Å². The Kier molecular flexibility index (Phi) is 2.76. The summed E-state index contributed by atoms with van der Waals surface area (Å²) >= 11 is 5.64. The van der Waals surface area contributed by atoms with E-state index >= 15 is 0 Å². The van der Waals surface area contributed by atoms with E-state index in [1.54, 1.807) is 0 Å². The fraction of sp³-hybridized carbons (Fsp3) is 0.444. The summed E-state index contributed by atoms with van der Waals surface area (Å²) in [7, 11) is 0. The maximum Gasteiger partial charge on any atom is 0.279 e. The number of halogens is 1. The Morgan fingerprint density at radius 3 is 2.50 bits per heavy atom. The molecule has 0 saturated carbocycles. The minimum Gasteiger partial charge on any atom is -0.298 e. The highest BCUT2D eigenvalue weighted by atomic mass is 35.5. The summed E-state index contributed by atoms with van der Waals surface area (Å²) in [5.41, 5.74) is -0.962. The van der Waals surface area contributed by atoms with Gasteiger partial charge in [-0.3, -0.25) is 9.59 Å². The first kappa shape index (κ1) is 10.9. The summed E-state index contributed by atoms with van der Waals surface area (Å²) < 4.78 is 1.24. The van der Waals surface area contributed by atoms with Crippen molar-refractivity contribution in [3.05, 3.63) is 27.1 Å². The molecule has 0 unspecified atom stereocenters. The van der Waals surface area contributed by atoms with Gasteiger partial charge >= 0.3 is 0 Å². The van der Waals surface area contributed by atoms with E-state index in [9.17, 15) is 9.59 Å². The number of carbonyl (C=O) groups excluding carboxylic acids is 1.